The molecular weight excluding hydrogens is 296 g/mol. The second-order valence-corrected chi connectivity index (χ2v) is 4.19. The van der Waals surface area contributed by atoms with E-state index in [1.807, 2.05) is 0 Å². The lowest BCUT2D eigenvalue weighted by Gasteiger charge is -2.12. The Kier molecular flexibility index (Phi) is 3.99. The number of hydrogen-bond donors (Lipinski definition) is 1. The number of aromatic nitrogens is 1. The summed E-state index contributed by atoms with van der Waals surface area (Å²) in [6.07, 6.45) is 1.06. The highest BCUT2D eigenvalue weighted by Crippen LogP contribution is 2.31. The second-order valence-electron chi connectivity index (χ2n) is 4.19. The maximum absolute atomic E-state index is 14.4. The van der Waals surface area contributed by atoms with Crippen LogP contribution < -0.4 is 10.5 Å². The van der Waals surface area contributed by atoms with Crippen LogP contribution in [0, 0.1) is 23.0 Å². The van der Waals surface area contributed by atoms with Gasteiger partial charge in [0.05, 0.1) is 25.5 Å². The van der Waals surface area contributed by atoms with Gasteiger partial charge in [0.25, 0.3) is 0 Å². The van der Waals surface area contributed by atoms with Crippen LogP contribution in [0.1, 0.15) is 16.1 Å². The van der Waals surface area contributed by atoms with Crippen molar-refractivity contribution in [3.05, 3.63) is 41.2 Å². The molecule has 0 saturated heterocycles. The van der Waals surface area contributed by atoms with Crippen molar-refractivity contribution in [1.29, 1.82) is 5.26 Å². The van der Waals surface area contributed by atoms with Crippen molar-refractivity contribution < 1.29 is 23.0 Å². The summed E-state index contributed by atoms with van der Waals surface area (Å²) in [4.78, 5) is 11.8. The fourth-order valence-corrected chi connectivity index (χ4v) is 1.99. The second kappa shape index (κ2) is 5.73. The van der Waals surface area contributed by atoms with Gasteiger partial charge in [-0.1, -0.05) is 0 Å². The van der Waals surface area contributed by atoms with Gasteiger partial charge in [0.2, 0.25) is 0 Å². The molecule has 0 saturated carbocycles. The molecule has 8 heteroatoms. The van der Waals surface area contributed by atoms with Gasteiger partial charge in [0, 0.05) is 6.20 Å². The van der Waals surface area contributed by atoms with E-state index >= 15 is 0 Å². The summed E-state index contributed by atoms with van der Waals surface area (Å²) in [5.74, 6) is -3.14. The van der Waals surface area contributed by atoms with Gasteiger partial charge < -0.3 is 19.8 Å². The van der Waals surface area contributed by atoms with E-state index in [-0.39, 0.29) is 22.7 Å². The van der Waals surface area contributed by atoms with Crippen molar-refractivity contribution in [2.45, 2.75) is 0 Å². The van der Waals surface area contributed by atoms with Gasteiger partial charge in [-0.05, 0) is 12.1 Å². The standard InChI is InChI=1S/C14H11F2N3O3/c1-21-9-4-3-8(15)12(10(9)16)19-6-7(5-17)11(18)13(19)14(20)22-2/h3-4,6H,18H2,1-2H3. The van der Waals surface area contributed by atoms with Crippen LogP contribution in [-0.4, -0.2) is 24.8 Å². The summed E-state index contributed by atoms with van der Waals surface area (Å²) >= 11 is 0. The summed E-state index contributed by atoms with van der Waals surface area (Å²) < 4.78 is 38.6. The molecule has 0 fully saturated rings. The van der Waals surface area contributed by atoms with E-state index in [2.05, 4.69) is 4.74 Å². The highest BCUT2D eigenvalue weighted by atomic mass is 19.1. The molecule has 0 unspecified atom stereocenters. The first-order valence-electron chi connectivity index (χ1n) is 5.97. The molecular formula is C14H11F2N3O3. The van der Waals surface area contributed by atoms with Crippen LogP contribution in [0.25, 0.3) is 5.69 Å². The van der Waals surface area contributed by atoms with E-state index in [4.69, 9.17) is 15.7 Å². The van der Waals surface area contributed by atoms with Crippen LogP contribution in [0.4, 0.5) is 14.5 Å². The predicted molar refractivity (Wildman–Crippen MR) is 72.7 cm³/mol. The SMILES string of the molecule is COC(=O)c1c(N)c(C#N)cn1-c1c(F)ccc(OC)c1F. The third-order valence-electron chi connectivity index (χ3n) is 3.04. The number of ether oxygens (including phenoxy) is 2. The van der Waals surface area contributed by atoms with E-state index in [0.29, 0.717) is 0 Å². The summed E-state index contributed by atoms with van der Waals surface area (Å²) in [5, 5.41) is 8.99. The number of nitriles is 1. The maximum atomic E-state index is 14.4. The molecule has 0 amide bonds. The Labute approximate surface area is 124 Å². The Morgan fingerprint density at radius 3 is 2.59 bits per heavy atom. The normalized spacial score (nSPS) is 10.1. The maximum Gasteiger partial charge on any atom is 0.357 e. The van der Waals surface area contributed by atoms with Gasteiger partial charge in [-0.2, -0.15) is 5.26 Å². The number of halogens is 2. The molecule has 6 nitrogen and oxygen atoms in total. The van der Waals surface area contributed by atoms with Crippen molar-refractivity contribution in [1.82, 2.24) is 4.57 Å². The van der Waals surface area contributed by atoms with Gasteiger partial charge in [-0.15, -0.1) is 0 Å². The lowest BCUT2D eigenvalue weighted by molar-refractivity contribution is 0.0593. The molecule has 0 bridgehead atoms. The molecule has 1 aromatic carbocycles. The fourth-order valence-electron chi connectivity index (χ4n) is 1.99. The molecule has 114 valence electrons. The van der Waals surface area contributed by atoms with Crippen molar-refractivity contribution >= 4 is 11.7 Å². The number of nitrogen functional groups attached to an aromatic ring is 1. The molecule has 0 radical (unpaired) electrons. The van der Waals surface area contributed by atoms with Crippen molar-refractivity contribution in [3.63, 3.8) is 0 Å². The third kappa shape index (κ3) is 2.22. The van der Waals surface area contributed by atoms with Crippen LogP contribution in [0.5, 0.6) is 5.75 Å². The highest BCUT2D eigenvalue weighted by Gasteiger charge is 2.26. The number of carbonyl (C=O) groups excluding carboxylic acids is 1. The van der Waals surface area contributed by atoms with Crippen LogP contribution in [0.15, 0.2) is 18.3 Å². The first-order chi connectivity index (χ1) is 10.5. The van der Waals surface area contributed by atoms with Crippen LogP contribution >= 0.6 is 0 Å². The molecule has 22 heavy (non-hydrogen) atoms. The molecule has 0 aliphatic carbocycles. The smallest absolute Gasteiger partial charge is 0.357 e. The van der Waals surface area contributed by atoms with Gasteiger partial charge in [-0.25, -0.2) is 13.6 Å². The zero-order chi connectivity index (χ0) is 16.4. The molecule has 0 spiro atoms. The summed E-state index contributed by atoms with van der Waals surface area (Å²) in [6, 6.07) is 3.82. The number of nitrogens with zero attached hydrogens (tertiary/aromatic N) is 2. The van der Waals surface area contributed by atoms with E-state index in [1.54, 1.807) is 6.07 Å². The number of carbonyl (C=O) groups is 1. The van der Waals surface area contributed by atoms with Crippen LogP contribution in [-0.2, 0) is 4.74 Å². The minimum Gasteiger partial charge on any atom is -0.494 e. The lowest BCUT2D eigenvalue weighted by atomic mass is 10.2. The number of methoxy groups -OCH3 is 2. The minimum atomic E-state index is -1.04. The minimum absolute atomic E-state index is 0.109. The largest absolute Gasteiger partial charge is 0.494 e. The molecule has 2 N–H and O–H groups in total. The van der Waals surface area contributed by atoms with E-state index in [9.17, 15) is 13.6 Å². The Balaban J connectivity index is 2.84. The molecule has 0 aliphatic rings. The quantitative estimate of drug-likeness (QED) is 0.876. The number of rotatable bonds is 3. The fraction of sp³-hybridized carbons (Fsp3) is 0.143. The van der Waals surface area contributed by atoms with E-state index in [1.165, 1.54) is 7.11 Å². The lowest BCUT2D eigenvalue weighted by Crippen LogP contribution is -2.13. The third-order valence-corrected chi connectivity index (χ3v) is 3.04. The molecule has 0 aliphatic heterocycles. The van der Waals surface area contributed by atoms with Gasteiger partial charge in [0.1, 0.15) is 11.8 Å². The summed E-state index contributed by atoms with van der Waals surface area (Å²) in [7, 11) is 2.30. The number of anilines is 1. The van der Waals surface area contributed by atoms with Crippen molar-refractivity contribution in [3.8, 4) is 17.5 Å². The van der Waals surface area contributed by atoms with Gasteiger partial charge >= 0.3 is 5.97 Å². The topological polar surface area (TPSA) is 90.3 Å². The zero-order valence-corrected chi connectivity index (χ0v) is 11.7. The molecule has 2 rings (SSSR count). The first kappa shape index (κ1) is 15.3. The Bertz CT molecular complexity index is 794. The molecule has 0 atom stereocenters. The van der Waals surface area contributed by atoms with Crippen LogP contribution in [0.3, 0.4) is 0 Å². The van der Waals surface area contributed by atoms with E-state index < -0.39 is 23.3 Å². The number of hydrogen-bond acceptors (Lipinski definition) is 5. The van der Waals surface area contributed by atoms with Gasteiger partial charge in [0.15, 0.2) is 23.1 Å². The molecule has 1 aromatic heterocycles. The Hall–Kier alpha value is -3.08. The Morgan fingerprint density at radius 1 is 1.36 bits per heavy atom. The first-order valence-corrected chi connectivity index (χ1v) is 5.97. The highest BCUT2D eigenvalue weighted by molar-refractivity contribution is 5.96. The van der Waals surface area contributed by atoms with Crippen LogP contribution in [0.2, 0.25) is 0 Å². The Morgan fingerprint density at radius 2 is 2.05 bits per heavy atom. The average Bonchev–Trinajstić information content (AvgIpc) is 2.83. The number of esters is 1. The number of nitrogens with two attached hydrogens (primary N) is 1. The summed E-state index contributed by atoms with van der Waals surface area (Å²) in [5.41, 5.74) is 4.41. The number of benzene rings is 1. The average molecular weight is 307 g/mol. The van der Waals surface area contributed by atoms with Crippen molar-refractivity contribution in [2.75, 3.05) is 20.0 Å². The molecule has 1 heterocycles. The van der Waals surface area contributed by atoms with E-state index in [0.717, 1.165) is 30.0 Å². The zero-order valence-electron chi connectivity index (χ0n) is 11.7. The molecule has 2 aromatic rings. The summed E-state index contributed by atoms with van der Waals surface area (Å²) in [6.45, 7) is 0. The van der Waals surface area contributed by atoms with Crippen molar-refractivity contribution in [2.24, 2.45) is 0 Å². The van der Waals surface area contributed by atoms with Gasteiger partial charge in [-0.3, -0.25) is 0 Å². The predicted octanol–water partition coefficient (Wildman–Crippen LogP) is 2.00. The monoisotopic (exact) mass is 307 g/mol.